The van der Waals surface area contributed by atoms with E-state index in [0.29, 0.717) is 12.5 Å². The lowest BCUT2D eigenvalue weighted by atomic mass is 9.99. The molecule has 4 unspecified atom stereocenters. The highest BCUT2D eigenvalue weighted by molar-refractivity contribution is 7.89. The lowest BCUT2D eigenvalue weighted by Crippen LogP contribution is -2.48. The summed E-state index contributed by atoms with van der Waals surface area (Å²) in [6.45, 7) is 11.1. The van der Waals surface area contributed by atoms with E-state index in [1.54, 1.807) is 6.07 Å². The van der Waals surface area contributed by atoms with E-state index < -0.39 is 10.0 Å². The van der Waals surface area contributed by atoms with E-state index in [1.807, 2.05) is 13.8 Å². The topological polar surface area (TPSA) is 79.0 Å². The summed E-state index contributed by atoms with van der Waals surface area (Å²) < 4.78 is 33.5. The van der Waals surface area contributed by atoms with Gasteiger partial charge in [0.1, 0.15) is 4.90 Å². The molecule has 1 aromatic rings. The fourth-order valence-electron chi connectivity index (χ4n) is 4.41. The van der Waals surface area contributed by atoms with Crippen LogP contribution in [0.4, 0.5) is 0 Å². The summed E-state index contributed by atoms with van der Waals surface area (Å²) in [6.07, 6.45) is 2.01. The third-order valence-electron chi connectivity index (χ3n) is 6.07. The summed E-state index contributed by atoms with van der Waals surface area (Å²) in [5.41, 5.74) is 0.288. The molecule has 0 saturated carbocycles. The normalized spacial score (nSPS) is 27.1. The summed E-state index contributed by atoms with van der Waals surface area (Å²) in [7, 11) is -3.84. The molecule has 1 N–H and O–H groups in total. The number of likely N-dealkylation sites (tertiary alicyclic amines) is 1. The number of carbonyl (C=O) groups is 1. The Morgan fingerprint density at radius 3 is 2.55 bits per heavy atom. The highest BCUT2D eigenvalue weighted by Crippen LogP contribution is 2.28. The van der Waals surface area contributed by atoms with Gasteiger partial charge in [-0.05, 0) is 64.3 Å². The molecular weight excluding hydrogens is 438 g/mol. The molecule has 2 aliphatic rings. The number of piperidine rings is 1. The van der Waals surface area contributed by atoms with Crippen LogP contribution in [-0.4, -0.2) is 74.5 Å². The number of halogens is 1. The molecule has 0 radical (unpaired) electrons. The quantitative estimate of drug-likeness (QED) is 0.690. The number of benzene rings is 1. The van der Waals surface area contributed by atoms with Gasteiger partial charge in [0.2, 0.25) is 10.0 Å². The largest absolute Gasteiger partial charge is 0.373 e. The van der Waals surface area contributed by atoms with Crippen LogP contribution in [0.1, 0.15) is 50.9 Å². The first-order chi connectivity index (χ1) is 14.6. The Morgan fingerprint density at radius 2 is 1.90 bits per heavy atom. The van der Waals surface area contributed by atoms with Crippen molar-refractivity contribution in [1.29, 1.82) is 0 Å². The van der Waals surface area contributed by atoms with E-state index in [0.717, 1.165) is 13.1 Å². The van der Waals surface area contributed by atoms with Gasteiger partial charge in [0.25, 0.3) is 5.91 Å². The van der Waals surface area contributed by atoms with E-state index in [4.69, 9.17) is 16.3 Å². The molecule has 3 rings (SSSR count). The highest BCUT2D eigenvalue weighted by atomic mass is 35.5. The number of hydrogen-bond acceptors (Lipinski definition) is 5. The lowest BCUT2D eigenvalue weighted by Gasteiger charge is -2.35. The fourth-order valence-corrected chi connectivity index (χ4v) is 6.50. The van der Waals surface area contributed by atoms with Gasteiger partial charge in [0.05, 0.1) is 17.2 Å². The number of sulfonamides is 1. The van der Waals surface area contributed by atoms with Gasteiger partial charge >= 0.3 is 0 Å². The molecule has 0 aromatic heterocycles. The Balaban J connectivity index is 1.70. The fraction of sp³-hybridized carbons (Fsp3) is 0.682. The van der Waals surface area contributed by atoms with Crippen molar-refractivity contribution >= 4 is 27.5 Å². The van der Waals surface area contributed by atoms with Gasteiger partial charge < -0.3 is 10.1 Å². The number of carbonyl (C=O) groups excluding carboxylic acids is 1. The van der Waals surface area contributed by atoms with Crippen LogP contribution >= 0.6 is 11.6 Å². The highest BCUT2D eigenvalue weighted by Gasteiger charge is 2.34. The molecule has 7 nitrogen and oxygen atoms in total. The second-order valence-electron chi connectivity index (χ2n) is 9.03. The molecule has 0 spiro atoms. The Morgan fingerprint density at radius 1 is 1.23 bits per heavy atom. The standard InChI is InChI=1S/C22H34ClN3O4S/c1-15-6-5-9-25(12-15)16(2)11-24-22(27)19-7-8-20(23)21(10-19)31(28,29)26-13-17(3)30-18(4)14-26/h7-8,10,15-18H,5-6,9,11-14H2,1-4H3,(H,24,27). The Labute approximate surface area is 191 Å². The van der Waals surface area contributed by atoms with Crippen LogP contribution in [0, 0.1) is 5.92 Å². The van der Waals surface area contributed by atoms with Crippen LogP contribution in [0.2, 0.25) is 5.02 Å². The van der Waals surface area contributed by atoms with Gasteiger partial charge in [-0.1, -0.05) is 18.5 Å². The average Bonchev–Trinajstić information content (AvgIpc) is 2.71. The number of rotatable bonds is 6. The molecule has 4 atom stereocenters. The summed E-state index contributed by atoms with van der Waals surface area (Å²) >= 11 is 6.24. The minimum Gasteiger partial charge on any atom is -0.373 e. The number of nitrogens with one attached hydrogen (secondary N) is 1. The third kappa shape index (κ3) is 5.99. The van der Waals surface area contributed by atoms with Crippen molar-refractivity contribution in [1.82, 2.24) is 14.5 Å². The van der Waals surface area contributed by atoms with E-state index in [2.05, 4.69) is 24.1 Å². The van der Waals surface area contributed by atoms with Crippen molar-refractivity contribution in [2.45, 2.75) is 63.7 Å². The molecule has 1 amide bonds. The van der Waals surface area contributed by atoms with Crippen molar-refractivity contribution < 1.29 is 17.9 Å². The van der Waals surface area contributed by atoms with Crippen molar-refractivity contribution in [3.8, 4) is 0 Å². The summed E-state index contributed by atoms with van der Waals surface area (Å²) in [5.74, 6) is 0.371. The number of morpholine rings is 1. The first-order valence-corrected chi connectivity index (χ1v) is 12.9. The predicted molar refractivity (Wildman–Crippen MR) is 122 cm³/mol. The van der Waals surface area contributed by atoms with Crippen molar-refractivity contribution in [2.24, 2.45) is 5.92 Å². The first kappa shape index (κ1) is 24.5. The molecule has 2 fully saturated rings. The van der Waals surface area contributed by atoms with Crippen molar-refractivity contribution in [2.75, 3.05) is 32.7 Å². The number of ether oxygens (including phenoxy) is 1. The minimum absolute atomic E-state index is 0.0407. The Bertz CT molecular complexity index is 885. The monoisotopic (exact) mass is 471 g/mol. The second kappa shape index (κ2) is 10.2. The van der Waals surface area contributed by atoms with Crippen LogP contribution in [0.3, 0.4) is 0 Å². The zero-order chi connectivity index (χ0) is 22.8. The molecule has 0 aliphatic carbocycles. The van der Waals surface area contributed by atoms with E-state index >= 15 is 0 Å². The van der Waals surface area contributed by atoms with E-state index in [9.17, 15) is 13.2 Å². The molecule has 9 heteroatoms. The maximum Gasteiger partial charge on any atom is 0.251 e. The van der Waals surface area contributed by atoms with Crippen LogP contribution in [-0.2, 0) is 14.8 Å². The third-order valence-corrected chi connectivity index (χ3v) is 8.38. The number of amides is 1. The maximum atomic E-state index is 13.2. The van der Waals surface area contributed by atoms with Gasteiger partial charge in [-0.3, -0.25) is 9.69 Å². The van der Waals surface area contributed by atoms with Gasteiger partial charge in [-0.2, -0.15) is 4.31 Å². The maximum absolute atomic E-state index is 13.2. The second-order valence-corrected chi connectivity index (χ2v) is 11.3. The first-order valence-electron chi connectivity index (χ1n) is 11.0. The Kier molecular flexibility index (Phi) is 8.02. The lowest BCUT2D eigenvalue weighted by molar-refractivity contribution is -0.0440. The molecule has 31 heavy (non-hydrogen) atoms. The van der Waals surface area contributed by atoms with Gasteiger partial charge in [-0.25, -0.2) is 8.42 Å². The van der Waals surface area contributed by atoms with Crippen molar-refractivity contribution in [3.63, 3.8) is 0 Å². The number of hydrogen-bond donors (Lipinski definition) is 1. The van der Waals surface area contributed by atoms with Gasteiger partial charge in [0, 0.05) is 37.8 Å². The number of nitrogens with zero attached hydrogens (tertiary/aromatic N) is 2. The van der Waals surface area contributed by atoms with Crippen LogP contribution in [0.5, 0.6) is 0 Å². The summed E-state index contributed by atoms with van der Waals surface area (Å²) in [6, 6.07) is 4.64. The van der Waals surface area contributed by atoms with E-state index in [1.165, 1.54) is 29.3 Å². The molecule has 1 aromatic carbocycles. The minimum atomic E-state index is -3.84. The van der Waals surface area contributed by atoms with Gasteiger partial charge in [0.15, 0.2) is 0 Å². The van der Waals surface area contributed by atoms with Crippen molar-refractivity contribution in [3.05, 3.63) is 28.8 Å². The molecule has 2 aliphatic heterocycles. The zero-order valence-corrected chi connectivity index (χ0v) is 20.4. The van der Waals surface area contributed by atoms with Crippen LogP contribution in [0.15, 0.2) is 23.1 Å². The zero-order valence-electron chi connectivity index (χ0n) is 18.8. The molecule has 0 bridgehead atoms. The SMILES string of the molecule is CC1CCCN(C(C)CNC(=O)c2ccc(Cl)c(S(=O)(=O)N3CC(C)OC(C)C3)c2)C1. The van der Waals surface area contributed by atoms with E-state index in [-0.39, 0.29) is 52.7 Å². The summed E-state index contributed by atoms with van der Waals surface area (Å²) in [5, 5.41) is 3.06. The van der Waals surface area contributed by atoms with Gasteiger partial charge in [-0.15, -0.1) is 0 Å². The molecule has 174 valence electrons. The van der Waals surface area contributed by atoms with Crippen LogP contribution in [0.25, 0.3) is 0 Å². The summed E-state index contributed by atoms with van der Waals surface area (Å²) in [4.78, 5) is 15.1. The molecule has 2 heterocycles. The average molecular weight is 472 g/mol. The Hall–Kier alpha value is -1.19. The smallest absolute Gasteiger partial charge is 0.251 e. The predicted octanol–water partition coefficient (Wildman–Crippen LogP) is 2.99. The van der Waals surface area contributed by atoms with Crippen LogP contribution < -0.4 is 5.32 Å². The molecule has 2 saturated heterocycles. The molecular formula is C22H34ClN3O4S.